The van der Waals surface area contributed by atoms with Crippen LogP contribution in [0.3, 0.4) is 0 Å². The molecule has 2 aromatic carbocycles. The lowest BCUT2D eigenvalue weighted by atomic mass is 10.0. The van der Waals surface area contributed by atoms with E-state index >= 15 is 0 Å². The molecule has 0 fully saturated rings. The van der Waals surface area contributed by atoms with E-state index in [1.807, 2.05) is 0 Å². The van der Waals surface area contributed by atoms with Crippen LogP contribution in [0, 0.1) is 10.4 Å². The summed E-state index contributed by atoms with van der Waals surface area (Å²) in [6, 6.07) is 11.9. The van der Waals surface area contributed by atoms with Gasteiger partial charge in [-0.15, -0.1) is 10.2 Å². The molecule has 34 heavy (non-hydrogen) atoms. The predicted octanol–water partition coefficient (Wildman–Crippen LogP) is 2.17. The number of aromatic nitrogens is 4. The van der Waals surface area contributed by atoms with E-state index in [-0.39, 0.29) is 52.3 Å². The minimum Gasteiger partial charge on any atom is -0.783 e. The Kier molecular flexibility index (Phi) is 5.21. The Morgan fingerprint density at radius 2 is 1.76 bits per heavy atom. The topological polar surface area (TPSA) is 216 Å². The van der Waals surface area contributed by atoms with Crippen LogP contribution < -0.4 is 17.0 Å². The van der Waals surface area contributed by atoms with Crippen molar-refractivity contribution < 1.29 is 0 Å². The van der Waals surface area contributed by atoms with Gasteiger partial charge in [0.25, 0.3) is 5.56 Å². The van der Waals surface area contributed by atoms with Crippen molar-refractivity contribution in [2.24, 2.45) is 15.2 Å². The number of anilines is 2. The average Bonchev–Trinajstić information content (AvgIpc) is 3.14. The van der Waals surface area contributed by atoms with Crippen LogP contribution in [0.1, 0.15) is 5.56 Å². The first-order valence-electron chi connectivity index (χ1n) is 9.97. The fourth-order valence-electron chi connectivity index (χ4n) is 3.50. The Hall–Kier alpha value is -4.66. The average molecular weight is 459 g/mol. The van der Waals surface area contributed by atoms with E-state index < -0.39 is 12.2 Å². The summed E-state index contributed by atoms with van der Waals surface area (Å²) >= 11 is 0. The predicted molar refractivity (Wildman–Crippen MR) is 126 cm³/mol. The van der Waals surface area contributed by atoms with E-state index in [0.29, 0.717) is 21.2 Å². The van der Waals surface area contributed by atoms with Gasteiger partial charge in [-0.2, -0.15) is 5.10 Å². The molecule has 0 unspecified atom stereocenters. The Bertz CT molecular complexity index is 1490. The smallest absolute Gasteiger partial charge is 0.275 e. The molecule has 0 saturated heterocycles. The summed E-state index contributed by atoms with van der Waals surface area (Å²) in [5.74, 6) is 0.0714. The lowest BCUT2D eigenvalue weighted by molar-refractivity contribution is 0.277. The first-order valence-corrected chi connectivity index (χ1v) is 9.97. The number of nitrogen functional groups attached to an aromatic ring is 2. The molecule has 1 aliphatic heterocycles. The summed E-state index contributed by atoms with van der Waals surface area (Å²) in [5.41, 5.74) is 13.1. The summed E-state index contributed by atoms with van der Waals surface area (Å²) in [4.78, 5) is 24.3. The molecule has 5 rings (SSSR count). The zero-order chi connectivity index (χ0) is 23.8. The van der Waals surface area contributed by atoms with Gasteiger partial charge in [0.15, 0.2) is 11.5 Å². The number of aliphatic imine (C=N–C) groups is 1. The molecule has 0 radical (unpaired) electrons. The highest BCUT2D eigenvalue weighted by Crippen LogP contribution is 2.36. The number of hydrogen-bond donors (Lipinski definition) is 4. The highest BCUT2D eigenvalue weighted by molar-refractivity contribution is 6.06. The maximum Gasteiger partial charge on any atom is 0.275 e. The standard InChI is InChI=1S/C20H17N11O3/c21-17-16(18(22)29-28-17)27-26-14-10(15-20(32)25-13-7-2-1-6-12(13)24-15)4-3-5-11(14)19-23-8-30(33)9-31(19)34/h1-7H,8-9H2,(H,25,32)(H5,21,22,28,29)/q-2. The van der Waals surface area contributed by atoms with Gasteiger partial charge in [0, 0.05) is 11.1 Å². The number of para-hydroxylation sites is 2. The van der Waals surface area contributed by atoms with E-state index in [1.54, 1.807) is 42.5 Å². The monoisotopic (exact) mass is 459 g/mol. The summed E-state index contributed by atoms with van der Waals surface area (Å²) in [6.45, 7) is -0.665. The van der Waals surface area contributed by atoms with Crippen LogP contribution in [-0.4, -0.2) is 49.5 Å². The number of nitrogens with one attached hydrogen (secondary N) is 2. The minimum absolute atomic E-state index is 0.0180. The molecule has 14 heteroatoms. The summed E-state index contributed by atoms with van der Waals surface area (Å²) < 4.78 is 0. The van der Waals surface area contributed by atoms with E-state index in [2.05, 4.69) is 35.4 Å². The van der Waals surface area contributed by atoms with Crippen molar-refractivity contribution in [3.05, 3.63) is 68.8 Å². The maximum atomic E-state index is 12.9. The Morgan fingerprint density at radius 1 is 1.00 bits per heavy atom. The molecule has 1 aliphatic rings. The SMILES string of the molecule is Nc1n[nH]c(N)c1N=Nc1c(C2=NCN([O-])CN2[O-])cccc1-c1nc2ccccc2[nH]c1=O. The van der Waals surface area contributed by atoms with Crippen molar-refractivity contribution in [3.63, 3.8) is 0 Å². The molecule has 3 heterocycles. The van der Waals surface area contributed by atoms with Crippen LogP contribution in [0.25, 0.3) is 22.3 Å². The van der Waals surface area contributed by atoms with Gasteiger partial charge in [-0.1, -0.05) is 24.3 Å². The number of nitrogens with two attached hydrogens (primary N) is 2. The second-order valence-electron chi connectivity index (χ2n) is 7.33. The quantitative estimate of drug-likeness (QED) is 0.328. The number of azo groups is 1. The number of nitrogens with zero attached hydrogens (tertiary/aromatic N) is 7. The molecule has 0 spiro atoms. The second-order valence-corrected chi connectivity index (χ2v) is 7.33. The normalized spacial score (nSPS) is 14.8. The fraction of sp³-hybridized carbons (Fsp3) is 0.100. The lowest BCUT2D eigenvalue weighted by Crippen LogP contribution is -2.40. The first-order chi connectivity index (χ1) is 16.4. The van der Waals surface area contributed by atoms with Crippen LogP contribution in [0.2, 0.25) is 0 Å². The fourth-order valence-corrected chi connectivity index (χ4v) is 3.50. The molecule has 2 aromatic heterocycles. The zero-order valence-electron chi connectivity index (χ0n) is 17.5. The molecule has 4 aromatic rings. The van der Waals surface area contributed by atoms with Crippen molar-refractivity contribution in [2.45, 2.75) is 0 Å². The van der Waals surface area contributed by atoms with Gasteiger partial charge in [-0.05, 0) is 18.2 Å². The third-order valence-electron chi connectivity index (χ3n) is 5.08. The van der Waals surface area contributed by atoms with Gasteiger partial charge in [0.05, 0.1) is 24.4 Å². The number of fused-ring (bicyclic) bond motifs is 1. The number of hydroxylamine groups is 4. The minimum atomic E-state index is -0.468. The molecular formula is C20H17N11O3-2. The number of amidine groups is 1. The first kappa shape index (κ1) is 21.2. The summed E-state index contributed by atoms with van der Waals surface area (Å²) in [5, 5.41) is 39.7. The number of H-pyrrole nitrogens is 2. The van der Waals surface area contributed by atoms with E-state index in [1.165, 1.54) is 0 Å². The second kappa shape index (κ2) is 8.36. The van der Waals surface area contributed by atoms with Crippen molar-refractivity contribution >= 4 is 39.9 Å². The summed E-state index contributed by atoms with van der Waals surface area (Å²) in [6.07, 6.45) is 0. The highest BCUT2D eigenvalue weighted by atomic mass is 16.5. The molecule has 14 nitrogen and oxygen atoms in total. The molecule has 0 bridgehead atoms. The third kappa shape index (κ3) is 3.73. The van der Waals surface area contributed by atoms with Gasteiger partial charge in [0.2, 0.25) is 0 Å². The molecule has 0 saturated carbocycles. The van der Waals surface area contributed by atoms with Gasteiger partial charge in [0.1, 0.15) is 23.0 Å². The lowest BCUT2D eigenvalue weighted by Gasteiger charge is -2.43. The van der Waals surface area contributed by atoms with Crippen LogP contribution in [0.5, 0.6) is 0 Å². The molecule has 0 aliphatic carbocycles. The van der Waals surface area contributed by atoms with Crippen LogP contribution in [-0.2, 0) is 0 Å². The third-order valence-corrected chi connectivity index (χ3v) is 5.08. The highest BCUT2D eigenvalue weighted by Gasteiger charge is 2.21. The Labute approximate surface area is 190 Å². The van der Waals surface area contributed by atoms with E-state index in [0.717, 1.165) is 0 Å². The Balaban J connectivity index is 1.74. The number of rotatable bonds is 4. The molecule has 0 amide bonds. The molecular weight excluding hydrogens is 442 g/mol. The Morgan fingerprint density at radius 3 is 2.53 bits per heavy atom. The number of benzene rings is 2. The van der Waals surface area contributed by atoms with Gasteiger partial charge < -0.3 is 37.0 Å². The van der Waals surface area contributed by atoms with Crippen molar-refractivity contribution in [1.82, 2.24) is 30.3 Å². The van der Waals surface area contributed by atoms with Gasteiger partial charge in [-0.3, -0.25) is 14.9 Å². The van der Waals surface area contributed by atoms with Crippen molar-refractivity contribution in [1.29, 1.82) is 0 Å². The maximum absolute atomic E-state index is 12.9. The van der Waals surface area contributed by atoms with Gasteiger partial charge in [-0.25, -0.2) is 4.98 Å². The summed E-state index contributed by atoms with van der Waals surface area (Å²) in [7, 11) is 0. The van der Waals surface area contributed by atoms with Gasteiger partial charge >= 0.3 is 0 Å². The number of aromatic amines is 2. The molecule has 6 N–H and O–H groups in total. The number of hydrogen-bond acceptors (Lipinski definition) is 12. The van der Waals surface area contributed by atoms with Crippen LogP contribution in [0.4, 0.5) is 23.0 Å². The van der Waals surface area contributed by atoms with Crippen molar-refractivity contribution in [2.75, 3.05) is 24.8 Å². The molecule has 0 atom stereocenters. The van der Waals surface area contributed by atoms with E-state index in [9.17, 15) is 15.2 Å². The van der Waals surface area contributed by atoms with Crippen LogP contribution >= 0.6 is 0 Å². The van der Waals surface area contributed by atoms with Crippen molar-refractivity contribution in [3.8, 4) is 11.3 Å². The zero-order valence-corrected chi connectivity index (χ0v) is 17.5. The largest absolute Gasteiger partial charge is 0.783 e. The van der Waals surface area contributed by atoms with Crippen LogP contribution in [0.15, 0.2) is 62.5 Å². The molecule has 172 valence electrons. The van der Waals surface area contributed by atoms with E-state index in [4.69, 9.17) is 11.5 Å².